The Kier molecular flexibility index (Phi) is 7.21. The van der Waals surface area contributed by atoms with Crippen LogP contribution in [0.5, 0.6) is 0 Å². The van der Waals surface area contributed by atoms with E-state index in [-0.39, 0.29) is 29.4 Å². The normalized spacial score (nSPS) is 19.5. The summed E-state index contributed by atoms with van der Waals surface area (Å²) in [6.45, 7) is 3.07. The zero-order valence-corrected chi connectivity index (χ0v) is 21.1. The molecule has 2 aromatic rings. The van der Waals surface area contributed by atoms with E-state index in [1.165, 1.54) is 18.2 Å². The number of urea groups is 1. The summed E-state index contributed by atoms with van der Waals surface area (Å²) in [7, 11) is 0. The van der Waals surface area contributed by atoms with Gasteiger partial charge in [0, 0.05) is 37.6 Å². The average molecular weight is 530 g/mol. The molecule has 0 atom stereocenters. The van der Waals surface area contributed by atoms with Gasteiger partial charge in [-0.3, -0.25) is 9.59 Å². The van der Waals surface area contributed by atoms with Crippen LogP contribution in [0.3, 0.4) is 0 Å². The number of rotatable bonds is 4. The zero-order chi connectivity index (χ0) is 26.0. The molecule has 0 saturated carbocycles. The van der Waals surface area contributed by atoms with E-state index in [1.54, 1.807) is 14.7 Å². The van der Waals surface area contributed by atoms with E-state index < -0.39 is 11.4 Å². The fraction of sp³-hybridized carbons (Fsp3) is 0.423. The second-order valence-electron chi connectivity index (χ2n) is 9.48. The molecule has 4 amide bonds. The van der Waals surface area contributed by atoms with Crippen LogP contribution in [0, 0.1) is 5.82 Å². The summed E-state index contributed by atoms with van der Waals surface area (Å²) in [5.74, 6) is -0.739. The van der Waals surface area contributed by atoms with Crippen LogP contribution in [0.1, 0.15) is 12.8 Å². The summed E-state index contributed by atoms with van der Waals surface area (Å²) < 4.78 is 18.8. The molecule has 1 N–H and O–H groups in total. The van der Waals surface area contributed by atoms with Gasteiger partial charge in [-0.1, -0.05) is 29.8 Å². The second-order valence-corrected chi connectivity index (χ2v) is 9.89. The van der Waals surface area contributed by atoms with E-state index >= 15 is 0 Å². The third-order valence-electron chi connectivity index (χ3n) is 7.32. The van der Waals surface area contributed by atoms with Gasteiger partial charge in [-0.15, -0.1) is 0 Å². The molecule has 3 aliphatic rings. The Morgan fingerprint density at radius 2 is 1.70 bits per heavy atom. The number of carbonyl (C=O) groups excluding carboxylic acids is 3. The Bertz CT molecular complexity index is 1170. The van der Waals surface area contributed by atoms with E-state index in [9.17, 15) is 18.8 Å². The molecule has 3 aliphatic heterocycles. The minimum atomic E-state index is -0.845. The summed E-state index contributed by atoms with van der Waals surface area (Å²) in [6.07, 6.45) is 0.834. The molecule has 0 unspecified atom stereocenters. The molecule has 3 saturated heterocycles. The van der Waals surface area contributed by atoms with E-state index in [0.29, 0.717) is 64.6 Å². The third-order valence-corrected chi connectivity index (χ3v) is 7.61. The average Bonchev–Trinajstić information content (AvgIpc) is 3.18. The first-order valence-corrected chi connectivity index (χ1v) is 12.7. The summed E-state index contributed by atoms with van der Waals surface area (Å²) in [4.78, 5) is 46.7. The Balaban J connectivity index is 1.30. The van der Waals surface area contributed by atoms with Crippen LogP contribution >= 0.6 is 11.6 Å². The maximum Gasteiger partial charge on any atom is 0.321 e. The molecule has 11 heteroatoms. The zero-order valence-electron chi connectivity index (χ0n) is 20.4. The first-order chi connectivity index (χ1) is 17.9. The Morgan fingerprint density at radius 3 is 2.38 bits per heavy atom. The molecule has 196 valence electrons. The molecule has 1 spiro atoms. The van der Waals surface area contributed by atoms with Crippen molar-refractivity contribution >= 4 is 40.8 Å². The van der Waals surface area contributed by atoms with Crippen molar-refractivity contribution in [2.24, 2.45) is 0 Å². The van der Waals surface area contributed by atoms with Crippen LogP contribution in [0.25, 0.3) is 0 Å². The number of ether oxygens (including phenoxy) is 1. The number of likely N-dealkylation sites (tertiary alicyclic amines) is 1. The third kappa shape index (κ3) is 5.08. The number of anilines is 2. The monoisotopic (exact) mass is 529 g/mol. The SMILES string of the molecule is O=C(CN1CN(c2ccccc2)C2(CCN(C(=O)Nc3ccc(F)c(Cl)c3)CC2)C1=O)N1CCOCC1. The van der Waals surface area contributed by atoms with Crippen molar-refractivity contribution < 1.29 is 23.5 Å². The number of hydrogen-bond acceptors (Lipinski definition) is 5. The van der Waals surface area contributed by atoms with Gasteiger partial charge in [0.2, 0.25) is 5.91 Å². The Hall–Kier alpha value is -3.37. The number of para-hydroxylation sites is 1. The van der Waals surface area contributed by atoms with Gasteiger partial charge in [0.15, 0.2) is 0 Å². The molecule has 2 aromatic carbocycles. The first kappa shape index (κ1) is 25.3. The fourth-order valence-electron chi connectivity index (χ4n) is 5.25. The van der Waals surface area contributed by atoms with Crippen LogP contribution in [0.4, 0.5) is 20.6 Å². The van der Waals surface area contributed by atoms with Crippen molar-refractivity contribution in [3.05, 3.63) is 59.4 Å². The van der Waals surface area contributed by atoms with E-state index in [4.69, 9.17) is 16.3 Å². The van der Waals surface area contributed by atoms with Crippen LogP contribution in [-0.2, 0) is 14.3 Å². The minimum absolute atomic E-state index is 0.0133. The number of benzene rings is 2. The van der Waals surface area contributed by atoms with Gasteiger partial charge in [0.05, 0.1) is 24.9 Å². The van der Waals surface area contributed by atoms with Gasteiger partial charge in [0.25, 0.3) is 5.91 Å². The van der Waals surface area contributed by atoms with Crippen LogP contribution in [-0.4, -0.2) is 90.7 Å². The van der Waals surface area contributed by atoms with Gasteiger partial charge >= 0.3 is 6.03 Å². The molecule has 0 aromatic heterocycles. The molecule has 3 fully saturated rings. The van der Waals surface area contributed by atoms with Gasteiger partial charge in [-0.25, -0.2) is 9.18 Å². The van der Waals surface area contributed by atoms with Crippen molar-refractivity contribution in [3.8, 4) is 0 Å². The van der Waals surface area contributed by atoms with Crippen molar-refractivity contribution in [1.29, 1.82) is 0 Å². The maximum atomic E-state index is 13.8. The molecular formula is C26H29ClFN5O4. The summed E-state index contributed by atoms with van der Waals surface area (Å²) in [5, 5.41) is 2.68. The Morgan fingerprint density at radius 1 is 1.00 bits per heavy atom. The highest BCUT2D eigenvalue weighted by atomic mass is 35.5. The lowest BCUT2D eigenvalue weighted by Crippen LogP contribution is -2.58. The number of carbonyl (C=O) groups is 3. The summed E-state index contributed by atoms with van der Waals surface area (Å²) >= 11 is 5.83. The molecule has 3 heterocycles. The largest absolute Gasteiger partial charge is 0.378 e. The van der Waals surface area contributed by atoms with Crippen molar-refractivity contribution in [3.63, 3.8) is 0 Å². The first-order valence-electron chi connectivity index (χ1n) is 12.4. The number of morpholine rings is 1. The number of amides is 4. The smallest absolute Gasteiger partial charge is 0.321 e. The van der Waals surface area contributed by atoms with E-state index in [0.717, 1.165) is 5.69 Å². The summed E-state index contributed by atoms with van der Waals surface area (Å²) in [5.41, 5.74) is 0.450. The highest BCUT2D eigenvalue weighted by molar-refractivity contribution is 6.31. The van der Waals surface area contributed by atoms with Crippen LogP contribution < -0.4 is 10.2 Å². The lowest BCUT2D eigenvalue weighted by molar-refractivity contribution is -0.143. The van der Waals surface area contributed by atoms with Crippen LogP contribution in [0.15, 0.2) is 48.5 Å². The van der Waals surface area contributed by atoms with Gasteiger partial charge in [0.1, 0.15) is 17.9 Å². The lowest BCUT2D eigenvalue weighted by atomic mass is 9.85. The van der Waals surface area contributed by atoms with Gasteiger partial charge in [-0.05, 0) is 43.2 Å². The molecule has 0 radical (unpaired) electrons. The number of hydrogen-bond donors (Lipinski definition) is 1. The standard InChI is InChI=1S/C26H29ClFN5O4/c27-21-16-19(6-7-22(21)28)29-25(36)31-10-8-26(9-11-31)24(35)32(17-23(34)30-12-14-37-15-13-30)18-33(26)20-4-2-1-3-5-20/h1-7,16H,8-15,17-18H2,(H,29,36). The summed E-state index contributed by atoms with van der Waals surface area (Å²) in [6, 6.07) is 13.4. The second kappa shape index (κ2) is 10.5. The van der Waals surface area contributed by atoms with Crippen molar-refractivity contribution in [2.45, 2.75) is 18.4 Å². The maximum absolute atomic E-state index is 13.8. The van der Waals surface area contributed by atoms with Crippen molar-refractivity contribution in [1.82, 2.24) is 14.7 Å². The van der Waals surface area contributed by atoms with Crippen LogP contribution in [0.2, 0.25) is 5.02 Å². The molecule has 0 aliphatic carbocycles. The molecule has 9 nitrogen and oxygen atoms in total. The quantitative estimate of drug-likeness (QED) is 0.658. The highest BCUT2D eigenvalue weighted by Crippen LogP contribution is 2.39. The molecular weight excluding hydrogens is 501 g/mol. The minimum Gasteiger partial charge on any atom is -0.378 e. The molecule has 37 heavy (non-hydrogen) atoms. The molecule has 0 bridgehead atoms. The van der Waals surface area contributed by atoms with Gasteiger partial charge in [-0.2, -0.15) is 0 Å². The fourth-order valence-corrected chi connectivity index (χ4v) is 5.44. The predicted octanol–water partition coefficient (Wildman–Crippen LogP) is 3.01. The lowest BCUT2D eigenvalue weighted by Gasteiger charge is -2.43. The van der Waals surface area contributed by atoms with E-state index in [1.807, 2.05) is 30.3 Å². The predicted molar refractivity (Wildman–Crippen MR) is 137 cm³/mol. The number of nitrogens with one attached hydrogen (secondary N) is 1. The topological polar surface area (TPSA) is 85.4 Å². The Labute approximate surface area is 219 Å². The molecule has 5 rings (SSSR count). The van der Waals surface area contributed by atoms with E-state index in [2.05, 4.69) is 10.2 Å². The number of halogens is 2. The number of nitrogens with zero attached hydrogens (tertiary/aromatic N) is 4. The highest BCUT2D eigenvalue weighted by Gasteiger charge is 2.54. The number of piperidine rings is 1. The van der Waals surface area contributed by atoms with Crippen molar-refractivity contribution in [2.75, 3.05) is 62.8 Å². The van der Waals surface area contributed by atoms with Gasteiger partial charge < -0.3 is 29.7 Å².